The summed E-state index contributed by atoms with van der Waals surface area (Å²) in [6, 6.07) is 6.29. The van der Waals surface area contributed by atoms with Gasteiger partial charge in [0.1, 0.15) is 17.7 Å². The first-order valence-electron chi connectivity index (χ1n) is 6.14. The highest BCUT2D eigenvalue weighted by Crippen LogP contribution is 2.17. The van der Waals surface area contributed by atoms with Crippen molar-refractivity contribution in [3.05, 3.63) is 53.9 Å². The van der Waals surface area contributed by atoms with Gasteiger partial charge in [0, 0.05) is 25.4 Å². The van der Waals surface area contributed by atoms with E-state index in [1.807, 2.05) is 10.8 Å². The molecule has 0 saturated carbocycles. The van der Waals surface area contributed by atoms with E-state index in [-0.39, 0.29) is 5.82 Å². The molecule has 0 radical (unpaired) electrons. The van der Waals surface area contributed by atoms with Crippen molar-refractivity contribution in [1.82, 2.24) is 9.55 Å². The lowest BCUT2D eigenvalue weighted by Crippen LogP contribution is -2.10. The third kappa shape index (κ3) is 2.96. The predicted molar refractivity (Wildman–Crippen MR) is 67.6 cm³/mol. The summed E-state index contributed by atoms with van der Waals surface area (Å²) in [5.41, 5.74) is 0.772. The van der Waals surface area contributed by atoms with Crippen LogP contribution in [-0.4, -0.2) is 14.7 Å². The number of nitrogens with zero attached hydrogens (tertiary/aromatic N) is 2. The highest BCUT2D eigenvalue weighted by molar-refractivity contribution is 5.18. The van der Waals surface area contributed by atoms with Crippen LogP contribution in [0, 0.1) is 5.82 Å². The minimum absolute atomic E-state index is 0.281. The Bertz CT molecular complexity index is 510. The Morgan fingerprint density at radius 3 is 3.00 bits per heavy atom. The van der Waals surface area contributed by atoms with Crippen LogP contribution in [0.4, 0.5) is 4.39 Å². The molecule has 4 heteroatoms. The molecule has 1 heterocycles. The van der Waals surface area contributed by atoms with E-state index in [0.29, 0.717) is 12.2 Å². The molecule has 0 aliphatic heterocycles. The standard InChI is InChI=1S/C14H17FN2O/c1-2-7-17-8-6-16-14(17)13(18)10-11-4-3-5-12(15)9-11/h3-6,8-9,13,18H,2,7,10H2,1H3. The molecule has 1 aromatic carbocycles. The first kappa shape index (κ1) is 12.8. The highest BCUT2D eigenvalue weighted by Gasteiger charge is 2.14. The molecule has 2 rings (SSSR count). The lowest BCUT2D eigenvalue weighted by molar-refractivity contribution is 0.163. The van der Waals surface area contributed by atoms with Gasteiger partial charge in [-0.05, 0) is 24.1 Å². The first-order chi connectivity index (χ1) is 8.70. The molecule has 2 aromatic rings. The number of benzene rings is 1. The monoisotopic (exact) mass is 248 g/mol. The van der Waals surface area contributed by atoms with Crippen LogP contribution in [0.5, 0.6) is 0 Å². The van der Waals surface area contributed by atoms with E-state index in [1.165, 1.54) is 12.1 Å². The number of aryl methyl sites for hydroxylation is 1. The molecule has 96 valence electrons. The summed E-state index contributed by atoms with van der Waals surface area (Å²) in [6.07, 6.45) is 4.19. The maximum Gasteiger partial charge on any atom is 0.137 e. The van der Waals surface area contributed by atoms with E-state index in [9.17, 15) is 9.50 Å². The normalized spacial score (nSPS) is 12.6. The van der Waals surface area contributed by atoms with E-state index in [0.717, 1.165) is 18.5 Å². The van der Waals surface area contributed by atoms with Crippen LogP contribution in [0.1, 0.15) is 30.8 Å². The zero-order valence-corrected chi connectivity index (χ0v) is 10.4. The highest BCUT2D eigenvalue weighted by atomic mass is 19.1. The van der Waals surface area contributed by atoms with Crippen LogP contribution in [0.25, 0.3) is 0 Å². The number of halogens is 1. The van der Waals surface area contributed by atoms with Gasteiger partial charge in [0.15, 0.2) is 0 Å². The van der Waals surface area contributed by atoms with Gasteiger partial charge in [0.25, 0.3) is 0 Å². The van der Waals surface area contributed by atoms with Crippen LogP contribution in [0.15, 0.2) is 36.7 Å². The predicted octanol–water partition coefficient (Wildman–Crippen LogP) is 2.71. The van der Waals surface area contributed by atoms with Crippen molar-refractivity contribution in [2.24, 2.45) is 0 Å². The molecule has 0 aliphatic carbocycles. The molecule has 0 spiro atoms. The van der Waals surface area contributed by atoms with Crippen LogP contribution in [0.2, 0.25) is 0 Å². The van der Waals surface area contributed by atoms with Crippen LogP contribution < -0.4 is 0 Å². The first-order valence-corrected chi connectivity index (χ1v) is 6.14. The Morgan fingerprint density at radius 1 is 1.44 bits per heavy atom. The molecule has 0 amide bonds. The molecular weight excluding hydrogens is 231 g/mol. The molecule has 18 heavy (non-hydrogen) atoms. The van der Waals surface area contributed by atoms with Gasteiger partial charge in [-0.1, -0.05) is 19.1 Å². The molecule has 0 bridgehead atoms. The van der Waals surface area contributed by atoms with Crippen molar-refractivity contribution in [2.45, 2.75) is 32.4 Å². The lowest BCUT2D eigenvalue weighted by Gasteiger charge is -2.12. The van der Waals surface area contributed by atoms with E-state index >= 15 is 0 Å². The van der Waals surface area contributed by atoms with Gasteiger partial charge in [-0.25, -0.2) is 9.37 Å². The fourth-order valence-corrected chi connectivity index (χ4v) is 2.03. The van der Waals surface area contributed by atoms with Crippen molar-refractivity contribution >= 4 is 0 Å². The Morgan fingerprint density at radius 2 is 2.28 bits per heavy atom. The van der Waals surface area contributed by atoms with Gasteiger partial charge in [0.05, 0.1) is 0 Å². The fourth-order valence-electron chi connectivity index (χ4n) is 2.03. The summed E-state index contributed by atoms with van der Waals surface area (Å²) in [6.45, 7) is 2.90. The van der Waals surface area contributed by atoms with Gasteiger partial charge in [-0.3, -0.25) is 0 Å². The second-order valence-corrected chi connectivity index (χ2v) is 4.33. The Hall–Kier alpha value is -1.68. The zero-order valence-electron chi connectivity index (χ0n) is 10.4. The van der Waals surface area contributed by atoms with Gasteiger partial charge in [-0.2, -0.15) is 0 Å². The Kier molecular flexibility index (Phi) is 4.10. The number of aliphatic hydroxyl groups excluding tert-OH is 1. The van der Waals surface area contributed by atoms with Crippen molar-refractivity contribution in [1.29, 1.82) is 0 Å². The van der Waals surface area contributed by atoms with Crippen LogP contribution >= 0.6 is 0 Å². The van der Waals surface area contributed by atoms with Crippen molar-refractivity contribution in [3.63, 3.8) is 0 Å². The molecule has 1 atom stereocenters. The fraction of sp³-hybridized carbons (Fsp3) is 0.357. The third-order valence-electron chi connectivity index (χ3n) is 2.83. The van der Waals surface area contributed by atoms with Gasteiger partial charge in [0.2, 0.25) is 0 Å². The number of hydrogen-bond acceptors (Lipinski definition) is 2. The van der Waals surface area contributed by atoms with Crippen molar-refractivity contribution in [3.8, 4) is 0 Å². The number of aliphatic hydroxyl groups is 1. The van der Waals surface area contributed by atoms with Crippen LogP contribution in [0.3, 0.4) is 0 Å². The molecule has 1 unspecified atom stereocenters. The van der Waals surface area contributed by atoms with Crippen LogP contribution in [-0.2, 0) is 13.0 Å². The quantitative estimate of drug-likeness (QED) is 0.883. The maximum absolute atomic E-state index is 13.1. The Balaban J connectivity index is 2.11. The van der Waals surface area contributed by atoms with E-state index < -0.39 is 6.10 Å². The molecule has 0 saturated heterocycles. The summed E-state index contributed by atoms with van der Waals surface area (Å²) >= 11 is 0. The van der Waals surface area contributed by atoms with E-state index in [1.54, 1.807) is 18.3 Å². The molecule has 1 N–H and O–H groups in total. The third-order valence-corrected chi connectivity index (χ3v) is 2.83. The average molecular weight is 248 g/mol. The number of imidazole rings is 1. The maximum atomic E-state index is 13.1. The minimum Gasteiger partial charge on any atom is -0.385 e. The van der Waals surface area contributed by atoms with Crippen molar-refractivity contribution in [2.75, 3.05) is 0 Å². The topological polar surface area (TPSA) is 38.0 Å². The SMILES string of the molecule is CCCn1ccnc1C(O)Cc1cccc(F)c1. The molecule has 0 aliphatic rings. The smallest absolute Gasteiger partial charge is 0.137 e. The largest absolute Gasteiger partial charge is 0.385 e. The molecule has 3 nitrogen and oxygen atoms in total. The van der Waals surface area contributed by atoms with Gasteiger partial charge in [-0.15, -0.1) is 0 Å². The second kappa shape index (κ2) is 5.78. The summed E-state index contributed by atoms with van der Waals surface area (Å²) in [5.74, 6) is 0.359. The summed E-state index contributed by atoms with van der Waals surface area (Å²) in [4.78, 5) is 4.17. The average Bonchev–Trinajstić information content (AvgIpc) is 2.78. The molecule has 0 fully saturated rings. The summed E-state index contributed by atoms with van der Waals surface area (Å²) in [7, 11) is 0. The minimum atomic E-state index is -0.701. The Labute approximate surface area is 106 Å². The molecular formula is C14H17FN2O. The zero-order chi connectivity index (χ0) is 13.0. The lowest BCUT2D eigenvalue weighted by atomic mass is 10.1. The summed E-state index contributed by atoms with van der Waals surface area (Å²) < 4.78 is 15.0. The molecule has 1 aromatic heterocycles. The van der Waals surface area contributed by atoms with Gasteiger partial charge < -0.3 is 9.67 Å². The van der Waals surface area contributed by atoms with Crippen molar-refractivity contribution < 1.29 is 9.50 Å². The van der Waals surface area contributed by atoms with E-state index in [4.69, 9.17) is 0 Å². The number of hydrogen-bond donors (Lipinski definition) is 1. The second-order valence-electron chi connectivity index (χ2n) is 4.33. The number of rotatable bonds is 5. The van der Waals surface area contributed by atoms with Gasteiger partial charge >= 0.3 is 0 Å². The number of aromatic nitrogens is 2. The van der Waals surface area contributed by atoms with E-state index in [2.05, 4.69) is 11.9 Å². The summed E-state index contributed by atoms with van der Waals surface area (Å²) in [5, 5.41) is 10.2.